The molecule has 0 spiro atoms. The Morgan fingerprint density at radius 2 is 1.76 bits per heavy atom. The summed E-state index contributed by atoms with van der Waals surface area (Å²) < 4.78 is 6.21. The van der Waals surface area contributed by atoms with Crippen molar-refractivity contribution in [3.8, 4) is 28.3 Å². The largest absolute Gasteiger partial charge is 0.471 e. The van der Waals surface area contributed by atoms with Crippen LogP contribution in [0.3, 0.4) is 0 Å². The third-order valence-electron chi connectivity index (χ3n) is 5.50. The van der Waals surface area contributed by atoms with Gasteiger partial charge in [0.15, 0.2) is 0 Å². The van der Waals surface area contributed by atoms with E-state index in [2.05, 4.69) is 5.32 Å². The van der Waals surface area contributed by atoms with Crippen molar-refractivity contribution in [3.05, 3.63) is 69.2 Å². The van der Waals surface area contributed by atoms with Gasteiger partial charge in [-0.2, -0.15) is 0 Å². The number of hydrogen-bond acceptors (Lipinski definition) is 4. The van der Waals surface area contributed by atoms with Crippen molar-refractivity contribution in [2.24, 2.45) is 0 Å². The Hall–Kier alpha value is -2.31. The van der Waals surface area contributed by atoms with Crippen LogP contribution in [-0.2, 0) is 4.79 Å². The van der Waals surface area contributed by atoms with E-state index < -0.39 is 17.6 Å². The van der Waals surface area contributed by atoms with E-state index >= 15 is 0 Å². The van der Waals surface area contributed by atoms with Gasteiger partial charge < -0.3 is 15.2 Å². The number of fused-ring (bicyclic) bond motifs is 1. The number of carbonyl (C=O) groups is 1. The molecule has 0 saturated heterocycles. The Bertz CT molecular complexity index is 1210. The summed E-state index contributed by atoms with van der Waals surface area (Å²) in [6.45, 7) is 5.30. The Morgan fingerprint density at radius 1 is 1.09 bits per heavy atom. The van der Waals surface area contributed by atoms with Gasteiger partial charge in [0.25, 0.3) is 0 Å². The zero-order valence-electron chi connectivity index (χ0n) is 18.3. The summed E-state index contributed by atoms with van der Waals surface area (Å²) in [5.41, 5.74) is 3.14. The van der Waals surface area contributed by atoms with Crippen LogP contribution in [0.1, 0.15) is 38.8 Å². The Kier molecular flexibility index (Phi) is 6.61. The zero-order valence-corrected chi connectivity index (χ0v) is 20.6. The average molecular weight is 506 g/mol. The highest BCUT2D eigenvalue weighted by molar-refractivity contribution is 6.36. The average Bonchev–Trinajstić information content (AvgIpc) is 2.73. The van der Waals surface area contributed by atoms with Crippen molar-refractivity contribution >= 4 is 40.7 Å². The topological polar surface area (TPSA) is 71.5 Å². The number of nitrogens with zero attached hydrogens (tertiary/aromatic N) is 1. The van der Waals surface area contributed by atoms with E-state index in [-0.39, 0.29) is 6.04 Å². The fourth-order valence-electron chi connectivity index (χ4n) is 3.91. The first-order chi connectivity index (χ1) is 15.5. The summed E-state index contributed by atoms with van der Waals surface area (Å²) in [7, 11) is 0. The number of benzene rings is 2. The first kappa shape index (κ1) is 23.8. The lowest BCUT2D eigenvalue weighted by Crippen LogP contribution is -2.44. The molecule has 33 heavy (non-hydrogen) atoms. The minimum absolute atomic E-state index is 0.390. The lowest BCUT2D eigenvalue weighted by atomic mass is 9.88. The fourth-order valence-corrected chi connectivity index (χ4v) is 4.53. The quantitative estimate of drug-likeness (QED) is 0.426. The third kappa shape index (κ3) is 5.12. The number of aliphatic hydroxyl groups excluding tert-OH is 1. The maximum absolute atomic E-state index is 12.3. The molecule has 5 nitrogen and oxygen atoms in total. The molecule has 4 rings (SSSR count). The maximum atomic E-state index is 12.3. The molecule has 1 amide bonds. The van der Waals surface area contributed by atoms with Gasteiger partial charge >= 0.3 is 0 Å². The second-order valence-electron chi connectivity index (χ2n) is 8.71. The molecule has 0 aliphatic carbocycles. The second-order valence-corrected chi connectivity index (χ2v) is 9.99. The smallest absolute Gasteiger partial charge is 0.249 e. The van der Waals surface area contributed by atoms with E-state index in [0.717, 1.165) is 16.7 Å². The molecule has 2 heterocycles. The molecule has 0 radical (unpaired) electrons. The monoisotopic (exact) mass is 504 g/mol. The van der Waals surface area contributed by atoms with Gasteiger partial charge in [-0.3, -0.25) is 4.79 Å². The molecule has 3 aromatic rings. The van der Waals surface area contributed by atoms with E-state index in [1.165, 1.54) is 6.92 Å². The summed E-state index contributed by atoms with van der Waals surface area (Å²) >= 11 is 18.8. The van der Waals surface area contributed by atoms with E-state index in [0.29, 0.717) is 38.6 Å². The number of hydrogen-bond donors (Lipinski definition) is 2. The van der Waals surface area contributed by atoms with Crippen LogP contribution >= 0.6 is 34.8 Å². The van der Waals surface area contributed by atoms with Crippen molar-refractivity contribution in [1.29, 1.82) is 0 Å². The highest BCUT2D eigenvalue weighted by Gasteiger charge is 2.37. The second kappa shape index (κ2) is 9.15. The van der Waals surface area contributed by atoms with Crippen molar-refractivity contribution in [3.63, 3.8) is 0 Å². The van der Waals surface area contributed by atoms with Crippen LogP contribution in [0.5, 0.6) is 5.88 Å². The van der Waals surface area contributed by atoms with Crippen LogP contribution in [0.15, 0.2) is 48.5 Å². The molecule has 0 saturated carbocycles. The molecule has 0 fully saturated rings. The normalized spacial score (nSPS) is 17.6. The van der Waals surface area contributed by atoms with Crippen molar-refractivity contribution in [2.75, 3.05) is 0 Å². The van der Waals surface area contributed by atoms with Crippen LogP contribution in [0.25, 0.3) is 22.4 Å². The van der Waals surface area contributed by atoms with E-state index in [4.69, 9.17) is 44.5 Å². The number of rotatable bonds is 4. The standard InChI is InChI=1S/C25H23Cl3N2O3/c1-13(31)23(32)29-21-12-25(2,3)33-24-19(21)11-18(14-4-6-15(26)7-5-14)22(30-24)17-9-8-16(27)10-20(17)28/h4-11,13,21,31H,12H2,1-3H3,(H,29,32). The van der Waals surface area contributed by atoms with Gasteiger partial charge in [0, 0.05) is 33.2 Å². The van der Waals surface area contributed by atoms with Crippen LogP contribution in [0, 0.1) is 0 Å². The van der Waals surface area contributed by atoms with E-state index in [1.807, 2.05) is 38.1 Å². The van der Waals surface area contributed by atoms with Crippen LogP contribution < -0.4 is 10.1 Å². The maximum Gasteiger partial charge on any atom is 0.249 e. The number of halogens is 3. The van der Waals surface area contributed by atoms with E-state index in [9.17, 15) is 9.90 Å². The lowest BCUT2D eigenvalue weighted by molar-refractivity contribution is -0.129. The van der Waals surface area contributed by atoms with Crippen molar-refractivity contribution < 1.29 is 14.6 Å². The molecule has 2 atom stereocenters. The number of carbonyl (C=O) groups excluding carboxylic acids is 1. The van der Waals surface area contributed by atoms with E-state index in [1.54, 1.807) is 24.3 Å². The Labute approximate surface area is 207 Å². The molecule has 1 aromatic heterocycles. The third-order valence-corrected chi connectivity index (χ3v) is 6.30. The minimum atomic E-state index is -1.13. The van der Waals surface area contributed by atoms with Crippen LogP contribution in [-0.4, -0.2) is 27.7 Å². The molecule has 8 heteroatoms. The van der Waals surface area contributed by atoms with Gasteiger partial charge in [0.05, 0.1) is 16.8 Å². The SMILES string of the molecule is CC(O)C(=O)NC1CC(C)(C)Oc2nc(-c3ccc(Cl)cc3Cl)c(-c3ccc(Cl)cc3)cc21. The van der Waals surface area contributed by atoms with Crippen LogP contribution in [0.2, 0.25) is 15.1 Å². The first-order valence-corrected chi connectivity index (χ1v) is 11.6. The zero-order chi connectivity index (χ0) is 23.9. The van der Waals surface area contributed by atoms with Gasteiger partial charge in [-0.1, -0.05) is 46.9 Å². The molecular formula is C25H23Cl3N2O3. The number of aromatic nitrogens is 1. The summed E-state index contributed by atoms with van der Waals surface area (Å²) in [6.07, 6.45) is -0.614. The number of aliphatic hydroxyl groups is 1. The predicted molar refractivity (Wildman–Crippen MR) is 132 cm³/mol. The summed E-state index contributed by atoms with van der Waals surface area (Å²) in [5.74, 6) is -0.0533. The highest BCUT2D eigenvalue weighted by Crippen LogP contribution is 2.44. The molecule has 172 valence electrons. The van der Waals surface area contributed by atoms with Gasteiger partial charge in [0.2, 0.25) is 11.8 Å². The molecular weight excluding hydrogens is 483 g/mol. The summed E-state index contributed by atoms with van der Waals surface area (Å²) in [5, 5.41) is 14.3. The molecule has 1 aliphatic heterocycles. The van der Waals surface area contributed by atoms with Gasteiger partial charge in [-0.25, -0.2) is 4.98 Å². The highest BCUT2D eigenvalue weighted by atomic mass is 35.5. The molecule has 1 aliphatic rings. The molecule has 2 N–H and O–H groups in total. The minimum Gasteiger partial charge on any atom is -0.471 e. The van der Waals surface area contributed by atoms with Gasteiger partial charge in [-0.15, -0.1) is 0 Å². The van der Waals surface area contributed by atoms with Crippen molar-refractivity contribution in [1.82, 2.24) is 10.3 Å². The lowest BCUT2D eigenvalue weighted by Gasteiger charge is -2.37. The van der Waals surface area contributed by atoms with Crippen LogP contribution in [0.4, 0.5) is 0 Å². The Morgan fingerprint density at radius 3 is 2.39 bits per heavy atom. The number of nitrogens with one attached hydrogen (secondary N) is 1. The number of ether oxygens (including phenoxy) is 1. The molecule has 2 unspecified atom stereocenters. The predicted octanol–water partition coefficient (Wildman–Crippen LogP) is 6.48. The summed E-state index contributed by atoms with van der Waals surface area (Å²) in [6, 6.07) is 14.2. The van der Waals surface area contributed by atoms with Gasteiger partial charge in [0.1, 0.15) is 11.7 Å². The number of amides is 1. The fraction of sp³-hybridized carbons (Fsp3) is 0.280. The molecule has 2 aromatic carbocycles. The molecule has 0 bridgehead atoms. The van der Waals surface area contributed by atoms with Crippen molar-refractivity contribution in [2.45, 2.75) is 44.9 Å². The summed E-state index contributed by atoms with van der Waals surface area (Å²) in [4.78, 5) is 17.2. The Balaban J connectivity index is 1.94. The number of pyridine rings is 1. The first-order valence-electron chi connectivity index (χ1n) is 10.5. The van der Waals surface area contributed by atoms with Gasteiger partial charge in [-0.05, 0) is 62.7 Å².